The zero-order chi connectivity index (χ0) is 10.1. The molecule has 14 heavy (non-hydrogen) atoms. The fourth-order valence-electron chi connectivity index (χ4n) is 1.31. The summed E-state index contributed by atoms with van der Waals surface area (Å²) in [5, 5.41) is 0. The van der Waals surface area contributed by atoms with Crippen molar-refractivity contribution in [2.75, 3.05) is 18.1 Å². The number of carbonyl (C=O) groups excluding carboxylic acids is 1. The summed E-state index contributed by atoms with van der Waals surface area (Å²) >= 11 is 3.20. The summed E-state index contributed by atoms with van der Waals surface area (Å²) in [5.41, 5.74) is 0.633. The topological polar surface area (TPSA) is 29.5 Å². The Hall–Kier alpha value is -1.10. The van der Waals surface area contributed by atoms with Gasteiger partial charge in [-0.2, -0.15) is 0 Å². The van der Waals surface area contributed by atoms with E-state index in [0.717, 1.165) is 0 Å². The van der Waals surface area contributed by atoms with E-state index in [4.69, 9.17) is 4.74 Å². The molecule has 2 rings (SSSR count). The SMILES string of the molecule is O=C1OCCN1c1ccc(F)cc1Br. The van der Waals surface area contributed by atoms with Crippen LogP contribution in [-0.4, -0.2) is 19.2 Å². The van der Waals surface area contributed by atoms with Gasteiger partial charge in [-0.1, -0.05) is 0 Å². The molecule has 1 saturated heterocycles. The minimum absolute atomic E-state index is 0.340. The van der Waals surface area contributed by atoms with Crippen molar-refractivity contribution < 1.29 is 13.9 Å². The van der Waals surface area contributed by atoms with E-state index in [-0.39, 0.29) is 5.82 Å². The molecule has 0 aliphatic carbocycles. The molecule has 74 valence electrons. The van der Waals surface area contributed by atoms with Gasteiger partial charge in [-0.3, -0.25) is 4.90 Å². The molecule has 0 N–H and O–H groups in total. The number of carbonyl (C=O) groups is 1. The molecule has 1 aliphatic heterocycles. The molecule has 0 spiro atoms. The number of halogens is 2. The second-order valence-electron chi connectivity index (χ2n) is 2.86. The Morgan fingerprint density at radius 3 is 2.86 bits per heavy atom. The molecule has 0 bridgehead atoms. The third-order valence-corrected chi connectivity index (χ3v) is 2.60. The van der Waals surface area contributed by atoms with E-state index in [2.05, 4.69) is 15.9 Å². The Labute approximate surface area is 88.6 Å². The molecule has 1 fully saturated rings. The predicted octanol–water partition coefficient (Wildman–Crippen LogP) is 2.54. The molecule has 5 heteroatoms. The predicted molar refractivity (Wildman–Crippen MR) is 52.8 cm³/mol. The van der Waals surface area contributed by atoms with Crippen molar-refractivity contribution in [1.82, 2.24) is 0 Å². The van der Waals surface area contributed by atoms with Crippen molar-refractivity contribution >= 4 is 27.7 Å². The van der Waals surface area contributed by atoms with Gasteiger partial charge in [-0.15, -0.1) is 0 Å². The van der Waals surface area contributed by atoms with E-state index in [1.54, 1.807) is 6.07 Å². The Morgan fingerprint density at radius 2 is 2.29 bits per heavy atom. The molecule has 1 aromatic carbocycles. The van der Waals surface area contributed by atoms with Crippen LogP contribution in [0.1, 0.15) is 0 Å². The Balaban J connectivity index is 2.36. The third-order valence-electron chi connectivity index (χ3n) is 1.96. The zero-order valence-electron chi connectivity index (χ0n) is 7.17. The largest absolute Gasteiger partial charge is 0.447 e. The highest BCUT2D eigenvalue weighted by Crippen LogP contribution is 2.28. The first kappa shape index (κ1) is 9.45. The van der Waals surface area contributed by atoms with Crippen LogP contribution in [0.15, 0.2) is 22.7 Å². The molecule has 1 aromatic rings. The second kappa shape index (κ2) is 3.57. The van der Waals surface area contributed by atoms with Crippen molar-refractivity contribution in [3.8, 4) is 0 Å². The fraction of sp³-hybridized carbons (Fsp3) is 0.222. The summed E-state index contributed by atoms with van der Waals surface area (Å²) < 4.78 is 18.1. The highest BCUT2D eigenvalue weighted by Gasteiger charge is 2.25. The van der Waals surface area contributed by atoms with Crippen LogP contribution in [0.25, 0.3) is 0 Å². The van der Waals surface area contributed by atoms with E-state index in [9.17, 15) is 9.18 Å². The number of hydrogen-bond acceptors (Lipinski definition) is 2. The number of ether oxygens (including phenoxy) is 1. The van der Waals surface area contributed by atoms with E-state index < -0.39 is 6.09 Å². The average Bonchev–Trinajstić information content (AvgIpc) is 2.52. The summed E-state index contributed by atoms with van der Waals surface area (Å²) in [6.07, 6.45) is -0.391. The van der Waals surface area contributed by atoms with E-state index >= 15 is 0 Å². The molecule has 0 unspecified atom stereocenters. The summed E-state index contributed by atoms with van der Waals surface area (Å²) in [6, 6.07) is 4.18. The van der Waals surface area contributed by atoms with Crippen molar-refractivity contribution in [3.63, 3.8) is 0 Å². The quantitative estimate of drug-likeness (QED) is 0.776. The highest BCUT2D eigenvalue weighted by molar-refractivity contribution is 9.10. The minimum Gasteiger partial charge on any atom is -0.447 e. The number of anilines is 1. The monoisotopic (exact) mass is 259 g/mol. The van der Waals surface area contributed by atoms with Gasteiger partial charge in [0.05, 0.1) is 12.2 Å². The van der Waals surface area contributed by atoms with Gasteiger partial charge in [0.1, 0.15) is 12.4 Å². The van der Waals surface area contributed by atoms with Crippen LogP contribution in [0.5, 0.6) is 0 Å². The number of amides is 1. The summed E-state index contributed by atoms with van der Waals surface area (Å²) in [4.78, 5) is 12.7. The summed E-state index contributed by atoms with van der Waals surface area (Å²) in [6.45, 7) is 0.881. The standard InChI is InChI=1S/C9H7BrFNO2/c10-7-5-6(11)1-2-8(7)12-3-4-14-9(12)13/h1-2,5H,3-4H2. The third kappa shape index (κ3) is 1.59. The molecular formula is C9H7BrFNO2. The molecule has 1 aliphatic rings. The molecule has 1 amide bonds. The second-order valence-corrected chi connectivity index (χ2v) is 3.72. The van der Waals surface area contributed by atoms with Gasteiger partial charge in [-0.25, -0.2) is 9.18 Å². The Kier molecular flexibility index (Phi) is 2.41. The molecule has 1 heterocycles. The first-order chi connectivity index (χ1) is 6.68. The molecule has 0 aromatic heterocycles. The lowest BCUT2D eigenvalue weighted by Crippen LogP contribution is -2.23. The average molecular weight is 260 g/mol. The van der Waals surface area contributed by atoms with Crippen molar-refractivity contribution in [2.45, 2.75) is 0 Å². The Bertz CT molecular complexity index is 383. The van der Waals surface area contributed by atoms with Gasteiger partial charge in [0.25, 0.3) is 0 Å². The van der Waals surface area contributed by atoms with Gasteiger partial charge in [0.15, 0.2) is 0 Å². The zero-order valence-corrected chi connectivity index (χ0v) is 8.75. The maximum atomic E-state index is 12.8. The van der Waals surface area contributed by atoms with Crippen LogP contribution >= 0.6 is 15.9 Å². The first-order valence-corrected chi connectivity index (χ1v) is 4.87. The van der Waals surface area contributed by atoms with Gasteiger partial charge >= 0.3 is 6.09 Å². The van der Waals surface area contributed by atoms with Crippen molar-refractivity contribution in [3.05, 3.63) is 28.5 Å². The van der Waals surface area contributed by atoms with Gasteiger partial charge in [0, 0.05) is 4.47 Å². The lowest BCUT2D eigenvalue weighted by molar-refractivity contribution is 0.181. The number of hydrogen-bond donors (Lipinski definition) is 0. The highest BCUT2D eigenvalue weighted by atomic mass is 79.9. The molecule has 0 saturated carbocycles. The van der Waals surface area contributed by atoms with E-state index in [0.29, 0.717) is 23.3 Å². The van der Waals surface area contributed by atoms with E-state index in [1.165, 1.54) is 17.0 Å². The van der Waals surface area contributed by atoms with Crippen LogP contribution in [0.2, 0.25) is 0 Å². The van der Waals surface area contributed by atoms with E-state index in [1.807, 2.05) is 0 Å². The molecule has 0 atom stereocenters. The van der Waals surface area contributed by atoms with Gasteiger partial charge in [-0.05, 0) is 34.1 Å². The Morgan fingerprint density at radius 1 is 1.50 bits per heavy atom. The lowest BCUT2D eigenvalue weighted by Gasteiger charge is -2.14. The van der Waals surface area contributed by atoms with Crippen molar-refractivity contribution in [1.29, 1.82) is 0 Å². The van der Waals surface area contributed by atoms with Crippen molar-refractivity contribution in [2.24, 2.45) is 0 Å². The van der Waals surface area contributed by atoms with Gasteiger partial charge in [0.2, 0.25) is 0 Å². The lowest BCUT2D eigenvalue weighted by atomic mass is 10.3. The van der Waals surface area contributed by atoms with Crippen LogP contribution in [0.3, 0.4) is 0 Å². The molecular weight excluding hydrogens is 253 g/mol. The normalized spacial score (nSPS) is 15.9. The maximum Gasteiger partial charge on any atom is 0.414 e. The number of nitrogens with zero attached hydrogens (tertiary/aromatic N) is 1. The van der Waals surface area contributed by atoms with Crippen LogP contribution in [0, 0.1) is 5.82 Å². The van der Waals surface area contributed by atoms with Crippen LogP contribution in [-0.2, 0) is 4.74 Å². The van der Waals surface area contributed by atoms with Crippen LogP contribution in [0.4, 0.5) is 14.9 Å². The fourth-order valence-corrected chi connectivity index (χ4v) is 1.88. The maximum absolute atomic E-state index is 12.8. The smallest absolute Gasteiger partial charge is 0.414 e. The van der Waals surface area contributed by atoms with Crippen LogP contribution < -0.4 is 4.90 Å². The molecule has 0 radical (unpaired) electrons. The number of rotatable bonds is 1. The number of benzene rings is 1. The number of cyclic esters (lactones) is 1. The summed E-state index contributed by atoms with van der Waals surface area (Å²) in [5.74, 6) is -0.340. The minimum atomic E-state index is -0.391. The van der Waals surface area contributed by atoms with Gasteiger partial charge < -0.3 is 4.74 Å². The summed E-state index contributed by atoms with van der Waals surface area (Å²) in [7, 11) is 0. The molecule has 3 nitrogen and oxygen atoms in total. The first-order valence-electron chi connectivity index (χ1n) is 4.08.